The van der Waals surface area contributed by atoms with Crippen LogP contribution in [-0.2, 0) is 4.79 Å². The molecule has 1 aliphatic rings. The molecule has 3 aromatic rings. The van der Waals surface area contributed by atoms with E-state index in [1.165, 1.54) is 17.9 Å². The van der Waals surface area contributed by atoms with Crippen molar-refractivity contribution < 1.29 is 31.9 Å². The van der Waals surface area contributed by atoms with Gasteiger partial charge in [-0.05, 0) is 61.0 Å². The van der Waals surface area contributed by atoms with E-state index in [0.29, 0.717) is 22.1 Å². The van der Waals surface area contributed by atoms with Gasteiger partial charge in [0, 0.05) is 23.8 Å². The molecular formula is C26H22ClF4N3O3. The molecule has 1 heterocycles. The molecule has 194 valence electrons. The molecule has 3 aromatic carbocycles. The Morgan fingerprint density at radius 1 is 1.03 bits per heavy atom. The molecular weight excluding hydrogens is 514 g/mol. The van der Waals surface area contributed by atoms with Gasteiger partial charge in [-0.15, -0.1) is 0 Å². The monoisotopic (exact) mass is 535 g/mol. The van der Waals surface area contributed by atoms with Crippen molar-refractivity contribution in [3.05, 3.63) is 89.2 Å². The zero-order chi connectivity index (χ0) is 26.7. The Labute approximate surface area is 215 Å². The molecule has 0 radical (unpaired) electrons. The first-order chi connectivity index (χ1) is 17.5. The normalized spacial score (nSPS) is 14.5. The van der Waals surface area contributed by atoms with Crippen LogP contribution in [0.4, 0.5) is 28.0 Å². The van der Waals surface area contributed by atoms with E-state index in [-0.39, 0.29) is 23.7 Å². The van der Waals surface area contributed by atoms with E-state index < -0.39 is 36.0 Å². The van der Waals surface area contributed by atoms with Gasteiger partial charge in [0.05, 0.1) is 12.1 Å². The lowest BCUT2D eigenvalue weighted by Gasteiger charge is -2.47. The summed E-state index contributed by atoms with van der Waals surface area (Å²) in [6.07, 6.45) is -5.13. The smallest absolute Gasteiger partial charge is 0.457 e. The lowest BCUT2D eigenvalue weighted by Crippen LogP contribution is -2.64. The van der Waals surface area contributed by atoms with Gasteiger partial charge < -0.3 is 19.9 Å². The fraction of sp³-hybridized carbons (Fsp3) is 0.231. The average molecular weight is 536 g/mol. The number of urea groups is 1. The Morgan fingerprint density at radius 3 is 2.24 bits per heavy atom. The van der Waals surface area contributed by atoms with Gasteiger partial charge in [-0.3, -0.25) is 4.79 Å². The van der Waals surface area contributed by atoms with Crippen LogP contribution in [0.1, 0.15) is 18.5 Å². The van der Waals surface area contributed by atoms with Crippen molar-refractivity contribution in [1.29, 1.82) is 0 Å². The first-order valence-electron chi connectivity index (χ1n) is 11.3. The van der Waals surface area contributed by atoms with Crippen LogP contribution in [-0.4, -0.2) is 47.0 Å². The van der Waals surface area contributed by atoms with Gasteiger partial charge >= 0.3 is 18.1 Å². The van der Waals surface area contributed by atoms with Crippen molar-refractivity contribution in [3.63, 3.8) is 0 Å². The molecule has 0 bridgehead atoms. The molecule has 1 unspecified atom stereocenters. The molecule has 1 fully saturated rings. The van der Waals surface area contributed by atoms with Crippen LogP contribution in [0.3, 0.4) is 0 Å². The molecule has 1 aliphatic heterocycles. The third-order valence-corrected chi connectivity index (χ3v) is 6.26. The van der Waals surface area contributed by atoms with E-state index in [1.807, 2.05) is 18.2 Å². The van der Waals surface area contributed by atoms with Gasteiger partial charge in [0.2, 0.25) is 0 Å². The Kier molecular flexibility index (Phi) is 7.58. The Hall–Kier alpha value is -3.79. The number of nitrogens with one attached hydrogen (secondary N) is 1. The molecule has 4 rings (SSSR count). The Bertz CT molecular complexity index is 1270. The van der Waals surface area contributed by atoms with Crippen LogP contribution < -0.4 is 10.1 Å². The lowest BCUT2D eigenvalue weighted by molar-refractivity contribution is -0.193. The van der Waals surface area contributed by atoms with Crippen LogP contribution in [0, 0.1) is 5.82 Å². The predicted octanol–water partition coefficient (Wildman–Crippen LogP) is 6.64. The highest BCUT2D eigenvalue weighted by molar-refractivity contribution is 6.31. The minimum absolute atomic E-state index is 0.0962. The summed E-state index contributed by atoms with van der Waals surface area (Å²) < 4.78 is 59.3. The fourth-order valence-electron chi connectivity index (χ4n) is 4.03. The zero-order valence-electron chi connectivity index (χ0n) is 19.5. The second-order valence-electron chi connectivity index (χ2n) is 8.48. The number of anilines is 1. The van der Waals surface area contributed by atoms with Gasteiger partial charge in [-0.25, -0.2) is 9.18 Å². The lowest BCUT2D eigenvalue weighted by atomic mass is 10.00. The highest BCUT2D eigenvalue weighted by atomic mass is 35.5. The minimum Gasteiger partial charge on any atom is -0.457 e. The summed E-state index contributed by atoms with van der Waals surface area (Å²) in [7, 11) is 0. The van der Waals surface area contributed by atoms with Crippen molar-refractivity contribution in [2.75, 3.05) is 18.4 Å². The second-order valence-corrected chi connectivity index (χ2v) is 8.89. The maximum atomic E-state index is 13.4. The topological polar surface area (TPSA) is 61.9 Å². The van der Waals surface area contributed by atoms with Crippen molar-refractivity contribution >= 4 is 29.2 Å². The van der Waals surface area contributed by atoms with E-state index in [2.05, 4.69) is 5.32 Å². The summed E-state index contributed by atoms with van der Waals surface area (Å²) in [6.45, 7) is 1.14. The molecule has 6 nitrogen and oxygen atoms in total. The third-order valence-electron chi connectivity index (χ3n) is 5.93. The number of para-hydroxylation sites is 1. The number of benzene rings is 3. The van der Waals surface area contributed by atoms with E-state index in [0.717, 1.165) is 12.1 Å². The quantitative estimate of drug-likeness (QED) is 0.360. The summed E-state index contributed by atoms with van der Waals surface area (Å²) in [5.41, 5.74) is 0.630. The largest absolute Gasteiger partial charge is 0.471 e. The number of carbonyl (C=O) groups excluding carboxylic acids is 2. The second kappa shape index (κ2) is 10.7. The number of amides is 3. The Morgan fingerprint density at radius 2 is 1.65 bits per heavy atom. The number of carbonyl (C=O) groups is 2. The molecule has 37 heavy (non-hydrogen) atoms. The molecule has 1 N–H and O–H groups in total. The van der Waals surface area contributed by atoms with Crippen molar-refractivity contribution in [2.45, 2.75) is 25.2 Å². The number of hydrogen-bond acceptors (Lipinski definition) is 3. The van der Waals surface area contributed by atoms with E-state index >= 15 is 0 Å². The highest BCUT2D eigenvalue weighted by Crippen LogP contribution is 2.35. The molecule has 0 aliphatic carbocycles. The van der Waals surface area contributed by atoms with Gasteiger partial charge in [-0.2, -0.15) is 13.2 Å². The maximum Gasteiger partial charge on any atom is 0.471 e. The van der Waals surface area contributed by atoms with Crippen molar-refractivity contribution in [3.8, 4) is 11.5 Å². The van der Waals surface area contributed by atoms with Crippen LogP contribution in [0.25, 0.3) is 0 Å². The number of hydrogen-bond donors (Lipinski definition) is 1. The van der Waals surface area contributed by atoms with Crippen LogP contribution in [0.5, 0.6) is 11.5 Å². The van der Waals surface area contributed by atoms with E-state index in [1.54, 1.807) is 36.4 Å². The standard InChI is InChI=1S/C26H22ClF4N3O3/c1-16(22-12-7-17(28)13-23(22)27)34(24(35)26(29,30)31)19-14-33(15-19)25(36)32-18-8-10-21(11-9-18)37-20-5-3-2-4-6-20/h2-13,16,19H,14-15H2,1H3,(H,32,36). The molecule has 0 spiro atoms. The predicted molar refractivity (Wildman–Crippen MR) is 130 cm³/mol. The number of alkyl halides is 3. The summed E-state index contributed by atoms with van der Waals surface area (Å²) in [5.74, 6) is -1.50. The summed E-state index contributed by atoms with van der Waals surface area (Å²) in [5, 5.41) is 2.58. The van der Waals surface area contributed by atoms with E-state index in [4.69, 9.17) is 16.3 Å². The molecule has 1 saturated heterocycles. The summed E-state index contributed by atoms with van der Waals surface area (Å²) >= 11 is 6.04. The van der Waals surface area contributed by atoms with Crippen LogP contribution >= 0.6 is 11.6 Å². The first kappa shape index (κ1) is 26.3. The van der Waals surface area contributed by atoms with Crippen LogP contribution in [0.2, 0.25) is 5.02 Å². The van der Waals surface area contributed by atoms with Gasteiger partial charge in [0.1, 0.15) is 17.3 Å². The maximum absolute atomic E-state index is 13.4. The van der Waals surface area contributed by atoms with Crippen molar-refractivity contribution in [2.24, 2.45) is 0 Å². The SMILES string of the molecule is CC(c1ccc(F)cc1Cl)N(C(=O)C(F)(F)F)C1CN(C(=O)Nc2ccc(Oc3ccccc3)cc2)C1. The molecule has 3 amide bonds. The highest BCUT2D eigenvalue weighted by Gasteiger charge is 2.49. The number of halogens is 5. The van der Waals surface area contributed by atoms with Gasteiger partial charge in [0.25, 0.3) is 0 Å². The number of rotatable bonds is 6. The number of ether oxygens (including phenoxy) is 1. The van der Waals surface area contributed by atoms with Gasteiger partial charge in [-0.1, -0.05) is 35.9 Å². The molecule has 1 atom stereocenters. The van der Waals surface area contributed by atoms with Gasteiger partial charge in [0.15, 0.2) is 0 Å². The molecule has 11 heteroatoms. The summed E-state index contributed by atoms with van der Waals surface area (Å²) in [4.78, 5) is 26.8. The minimum atomic E-state index is -5.13. The summed E-state index contributed by atoms with van der Waals surface area (Å²) in [6, 6.07) is 16.5. The number of nitrogens with zero attached hydrogens (tertiary/aromatic N) is 2. The average Bonchev–Trinajstić information content (AvgIpc) is 2.81. The number of likely N-dealkylation sites (tertiary alicyclic amines) is 1. The fourth-order valence-corrected chi connectivity index (χ4v) is 4.35. The molecule has 0 saturated carbocycles. The van der Waals surface area contributed by atoms with E-state index in [9.17, 15) is 27.2 Å². The Balaban J connectivity index is 1.40. The van der Waals surface area contributed by atoms with Crippen molar-refractivity contribution in [1.82, 2.24) is 9.80 Å². The first-order valence-corrected chi connectivity index (χ1v) is 11.6. The van der Waals surface area contributed by atoms with Crippen LogP contribution in [0.15, 0.2) is 72.8 Å². The zero-order valence-corrected chi connectivity index (χ0v) is 20.3. The molecule has 0 aromatic heterocycles. The third kappa shape index (κ3) is 6.14.